The molecule has 1 saturated heterocycles. The summed E-state index contributed by atoms with van der Waals surface area (Å²) in [5, 5.41) is 0. The monoisotopic (exact) mass is 345 g/mol. The van der Waals surface area contributed by atoms with E-state index in [0.29, 0.717) is 22.4 Å². The molecule has 2 rings (SSSR count). The molecule has 0 radical (unpaired) electrons. The van der Waals surface area contributed by atoms with Crippen LogP contribution in [0.25, 0.3) is 0 Å². The molecule has 0 amide bonds. The standard InChI is InChI=1S/C15H23NO4S2/c1-5-16(14-6-7-21(17,18)10-14)22(19,20)15-12(3)8-11(2)9-13(15)4/h8-9,14H,5-7,10H2,1-4H3/t14-/m0/s1. The number of sulfonamides is 1. The van der Waals surface area contributed by atoms with Gasteiger partial charge in [0, 0.05) is 12.6 Å². The third-order valence-corrected chi connectivity index (χ3v) is 8.18. The average Bonchev–Trinajstić information content (AvgIpc) is 2.67. The molecule has 0 aliphatic carbocycles. The molecule has 0 saturated carbocycles. The zero-order valence-corrected chi connectivity index (χ0v) is 15.1. The van der Waals surface area contributed by atoms with Gasteiger partial charge in [0.05, 0.1) is 16.4 Å². The van der Waals surface area contributed by atoms with Crippen molar-refractivity contribution in [2.45, 2.75) is 45.1 Å². The molecule has 7 heteroatoms. The summed E-state index contributed by atoms with van der Waals surface area (Å²) in [4.78, 5) is 0.309. The van der Waals surface area contributed by atoms with E-state index in [0.717, 1.165) is 5.56 Å². The van der Waals surface area contributed by atoms with Gasteiger partial charge in [-0.2, -0.15) is 4.31 Å². The lowest BCUT2D eigenvalue weighted by atomic mass is 10.1. The summed E-state index contributed by atoms with van der Waals surface area (Å²) in [7, 11) is -6.82. The van der Waals surface area contributed by atoms with Gasteiger partial charge in [-0.05, 0) is 38.3 Å². The van der Waals surface area contributed by atoms with Crippen molar-refractivity contribution in [1.82, 2.24) is 4.31 Å². The smallest absolute Gasteiger partial charge is 0.229 e. The first-order valence-corrected chi connectivity index (χ1v) is 10.6. The molecule has 1 fully saturated rings. The minimum absolute atomic E-state index is 0.0650. The zero-order chi connectivity index (χ0) is 16.7. The van der Waals surface area contributed by atoms with Crippen LogP contribution in [0.15, 0.2) is 17.0 Å². The number of aryl methyl sites for hydroxylation is 3. The molecule has 1 heterocycles. The topological polar surface area (TPSA) is 71.5 Å². The molecule has 0 unspecified atom stereocenters. The van der Waals surface area contributed by atoms with E-state index in [2.05, 4.69) is 0 Å². The van der Waals surface area contributed by atoms with E-state index in [1.807, 2.05) is 19.1 Å². The highest BCUT2D eigenvalue weighted by Gasteiger charge is 2.38. The van der Waals surface area contributed by atoms with Crippen LogP contribution in [0.1, 0.15) is 30.0 Å². The number of hydrogen-bond acceptors (Lipinski definition) is 4. The molecule has 1 aromatic carbocycles. The van der Waals surface area contributed by atoms with Gasteiger partial charge >= 0.3 is 0 Å². The third kappa shape index (κ3) is 3.21. The molecule has 22 heavy (non-hydrogen) atoms. The van der Waals surface area contributed by atoms with Gasteiger partial charge in [0.25, 0.3) is 0 Å². The van der Waals surface area contributed by atoms with Crippen LogP contribution in [-0.2, 0) is 19.9 Å². The van der Waals surface area contributed by atoms with Crippen molar-refractivity contribution in [3.63, 3.8) is 0 Å². The molecule has 1 atom stereocenters. The van der Waals surface area contributed by atoms with Crippen molar-refractivity contribution >= 4 is 19.9 Å². The van der Waals surface area contributed by atoms with Crippen LogP contribution in [0, 0.1) is 20.8 Å². The van der Waals surface area contributed by atoms with Gasteiger partial charge in [-0.3, -0.25) is 0 Å². The minimum Gasteiger partial charge on any atom is -0.229 e. The first kappa shape index (κ1) is 17.4. The summed E-state index contributed by atoms with van der Waals surface area (Å²) in [6.45, 7) is 7.52. The molecule has 1 aliphatic rings. The van der Waals surface area contributed by atoms with Gasteiger partial charge in [-0.25, -0.2) is 16.8 Å². The predicted molar refractivity (Wildman–Crippen MR) is 87.3 cm³/mol. The van der Waals surface area contributed by atoms with Crippen LogP contribution in [0.3, 0.4) is 0 Å². The second kappa shape index (κ2) is 5.94. The Morgan fingerprint density at radius 2 is 1.73 bits per heavy atom. The van der Waals surface area contributed by atoms with Crippen molar-refractivity contribution in [2.24, 2.45) is 0 Å². The molecule has 0 bridgehead atoms. The first-order chi connectivity index (χ1) is 10.1. The average molecular weight is 345 g/mol. The number of hydrogen-bond donors (Lipinski definition) is 0. The Hall–Kier alpha value is -0.920. The minimum atomic E-state index is -3.69. The highest BCUT2D eigenvalue weighted by Crippen LogP contribution is 2.29. The Morgan fingerprint density at radius 3 is 2.14 bits per heavy atom. The molecule has 0 aromatic heterocycles. The molecule has 0 spiro atoms. The van der Waals surface area contributed by atoms with Crippen molar-refractivity contribution in [2.75, 3.05) is 18.1 Å². The summed E-state index contributed by atoms with van der Waals surface area (Å²) < 4.78 is 50.8. The van der Waals surface area contributed by atoms with Crippen LogP contribution in [-0.4, -0.2) is 45.2 Å². The largest absolute Gasteiger partial charge is 0.243 e. The van der Waals surface area contributed by atoms with Gasteiger partial charge in [-0.15, -0.1) is 0 Å². The predicted octanol–water partition coefficient (Wildman–Crippen LogP) is 1.81. The zero-order valence-electron chi connectivity index (χ0n) is 13.5. The second-order valence-corrected chi connectivity index (χ2v) is 10.0. The Balaban J connectivity index is 2.49. The van der Waals surface area contributed by atoms with Crippen molar-refractivity contribution in [3.8, 4) is 0 Å². The molecular formula is C15H23NO4S2. The second-order valence-electron chi connectivity index (χ2n) is 5.99. The van der Waals surface area contributed by atoms with E-state index in [1.165, 1.54) is 4.31 Å². The summed E-state index contributed by atoms with van der Waals surface area (Å²) in [6, 6.07) is 3.23. The van der Waals surface area contributed by atoms with Crippen LogP contribution in [0.5, 0.6) is 0 Å². The molecular weight excluding hydrogens is 322 g/mol. The van der Waals surface area contributed by atoms with Crippen molar-refractivity contribution in [3.05, 3.63) is 28.8 Å². The third-order valence-electron chi connectivity index (χ3n) is 4.10. The first-order valence-electron chi connectivity index (χ1n) is 7.38. The normalized spacial score (nSPS) is 21.4. The van der Waals surface area contributed by atoms with Crippen molar-refractivity contribution < 1.29 is 16.8 Å². The van der Waals surface area contributed by atoms with Gasteiger partial charge < -0.3 is 0 Å². The van der Waals surface area contributed by atoms with Gasteiger partial charge in [0.1, 0.15) is 0 Å². The number of benzene rings is 1. The van der Waals surface area contributed by atoms with E-state index < -0.39 is 25.9 Å². The van der Waals surface area contributed by atoms with E-state index >= 15 is 0 Å². The van der Waals surface area contributed by atoms with E-state index in [-0.39, 0.29) is 18.1 Å². The maximum Gasteiger partial charge on any atom is 0.243 e. The van der Waals surface area contributed by atoms with Crippen LogP contribution in [0.2, 0.25) is 0 Å². The maximum absolute atomic E-state index is 13.0. The van der Waals surface area contributed by atoms with Gasteiger partial charge in [0.15, 0.2) is 9.84 Å². The molecule has 124 valence electrons. The molecule has 0 N–H and O–H groups in total. The molecule has 5 nitrogen and oxygen atoms in total. The summed E-state index contributed by atoms with van der Waals surface area (Å²) in [5.74, 6) is -0.0143. The Kier molecular flexibility index (Phi) is 4.71. The highest BCUT2D eigenvalue weighted by atomic mass is 32.2. The summed E-state index contributed by atoms with van der Waals surface area (Å²) in [6.07, 6.45) is 0.374. The van der Waals surface area contributed by atoms with E-state index in [4.69, 9.17) is 0 Å². The maximum atomic E-state index is 13.0. The van der Waals surface area contributed by atoms with Crippen LogP contribution in [0.4, 0.5) is 0 Å². The summed E-state index contributed by atoms with van der Waals surface area (Å²) in [5.41, 5.74) is 2.43. The molecule has 1 aromatic rings. The lowest BCUT2D eigenvalue weighted by Crippen LogP contribution is -2.41. The Morgan fingerprint density at radius 1 is 1.18 bits per heavy atom. The highest BCUT2D eigenvalue weighted by molar-refractivity contribution is 7.92. The van der Waals surface area contributed by atoms with Crippen LogP contribution < -0.4 is 0 Å². The number of rotatable bonds is 4. The fraction of sp³-hybridized carbons (Fsp3) is 0.600. The summed E-state index contributed by atoms with van der Waals surface area (Å²) >= 11 is 0. The lowest BCUT2D eigenvalue weighted by molar-refractivity contribution is 0.354. The van der Waals surface area contributed by atoms with Gasteiger partial charge in [-0.1, -0.05) is 24.6 Å². The Bertz CT molecular complexity index is 759. The lowest BCUT2D eigenvalue weighted by Gasteiger charge is -2.27. The Labute approximate surface area is 133 Å². The SMILES string of the molecule is CCN([C@H]1CCS(=O)(=O)C1)S(=O)(=O)c1c(C)cc(C)cc1C. The fourth-order valence-corrected chi connectivity index (χ4v) is 7.22. The van der Waals surface area contributed by atoms with E-state index in [1.54, 1.807) is 20.8 Å². The van der Waals surface area contributed by atoms with E-state index in [9.17, 15) is 16.8 Å². The quantitative estimate of drug-likeness (QED) is 0.834. The number of sulfone groups is 1. The van der Waals surface area contributed by atoms with Crippen molar-refractivity contribution in [1.29, 1.82) is 0 Å². The molecule has 1 aliphatic heterocycles. The van der Waals surface area contributed by atoms with Gasteiger partial charge in [0.2, 0.25) is 10.0 Å². The van der Waals surface area contributed by atoms with Crippen LogP contribution >= 0.6 is 0 Å². The fourth-order valence-electron chi connectivity index (χ4n) is 3.32. The number of nitrogens with zero attached hydrogens (tertiary/aromatic N) is 1.